The van der Waals surface area contributed by atoms with E-state index in [-0.39, 0.29) is 17.3 Å². The molecule has 1 amide bonds. The van der Waals surface area contributed by atoms with E-state index in [0.29, 0.717) is 5.56 Å². The molecule has 0 radical (unpaired) electrons. The van der Waals surface area contributed by atoms with Crippen LogP contribution in [0.2, 0.25) is 0 Å². The summed E-state index contributed by atoms with van der Waals surface area (Å²) in [6.07, 6.45) is -7.25. The molecule has 0 bridgehead atoms. The van der Waals surface area contributed by atoms with Crippen molar-refractivity contribution in [1.29, 1.82) is 0 Å². The molecule has 0 spiro atoms. The Kier molecular flexibility index (Phi) is 3.91. The molecular formula is C13H13F3N2O3. The first-order valence-electron chi connectivity index (χ1n) is 6.18. The van der Waals surface area contributed by atoms with E-state index in [0.717, 1.165) is 0 Å². The number of hydrogen-bond acceptors (Lipinski definition) is 4. The Morgan fingerprint density at radius 3 is 2.57 bits per heavy atom. The third kappa shape index (κ3) is 2.71. The molecule has 1 heterocycles. The molecule has 21 heavy (non-hydrogen) atoms. The summed E-state index contributed by atoms with van der Waals surface area (Å²) in [7, 11) is 0. The average Bonchev–Trinajstić information content (AvgIpc) is 2.79. The number of ether oxygens (including phenoxy) is 1. The predicted molar refractivity (Wildman–Crippen MR) is 67.5 cm³/mol. The van der Waals surface area contributed by atoms with E-state index in [4.69, 9.17) is 0 Å². The van der Waals surface area contributed by atoms with Gasteiger partial charge in [0.25, 0.3) is 5.72 Å². The molecule has 0 unspecified atom stereocenters. The van der Waals surface area contributed by atoms with Crippen molar-refractivity contribution in [2.75, 3.05) is 6.61 Å². The molecular weight excluding hydrogens is 289 g/mol. The lowest BCUT2D eigenvalue weighted by molar-refractivity contribution is -0.299. The van der Waals surface area contributed by atoms with Crippen molar-refractivity contribution < 1.29 is 27.8 Å². The average molecular weight is 302 g/mol. The van der Waals surface area contributed by atoms with Crippen LogP contribution >= 0.6 is 0 Å². The first-order chi connectivity index (χ1) is 9.79. The van der Waals surface area contributed by atoms with Crippen molar-refractivity contribution in [1.82, 2.24) is 5.01 Å². The minimum atomic E-state index is -5.06. The fourth-order valence-corrected chi connectivity index (χ4v) is 1.93. The third-order valence-electron chi connectivity index (χ3n) is 2.99. The van der Waals surface area contributed by atoms with Crippen LogP contribution in [0.1, 0.15) is 18.9 Å². The Morgan fingerprint density at radius 1 is 1.43 bits per heavy atom. The number of benzene rings is 1. The number of carbonyl (C=O) groups is 1. The smallest absolute Gasteiger partial charge is 0.439 e. The SMILES string of the molecule is CCOC(=O)N1N=C(c2ccccc2)C[C@]1(O)C(F)(F)F. The van der Waals surface area contributed by atoms with Crippen molar-refractivity contribution in [3.05, 3.63) is 35.9 Å². The van der Waals surface area contributed by atoms with Crippen LogP contribution in [-0.4, -0.2) is 40.4 Å². The second kappa shape index (κ2) is 5.36. The Hall–Kier alpha value is -2.09. The summed E-state index contributed by atoms with van der Waals surface area (Å²) in [6, 6.07) is 8.03. The number of nitrogens with zero attached hydrogens (tertiary/aromatic N) is 2. The first kappa shape index (κ1) is 15.3. The highest BCUT2D eigenvalue weighted by atomic mass is 19.4. The van der Waals surface area contributed by atoms with E-state index in [1.165, 1.54) is 6.92 Å². The molecule has 2 rings (SSSR count). The van der Waals surface area contributed by atoms with E-state index in [1.54, 1.807) is 30.3 Å². The number of alkyl halides is 3. The van der Waals surface area contributed by atoms with Gasteiger partial charge in [-0.1, -0.05) is 30.3 Å². The van der Waals surface area contributed by atoms with Gasteiger partial charge in [0.05, 0.1) is 18.7 Å². The molecule has 5 nitrogen and oxygen atoms in total. The van der Waals surface area contributed by atoms with Crippen molar-refractivity contribution in [2.24, 2.45) is 5.10 Å². The van der Waals surface area contributed by atoms with Crippen LogP contribution in [0.3, 0.4) is 0 Å². The van der Waals surface area contributed by atoms with Crippen molar-refractivity contribution >= 4 is 11.8 Å². The largest absolute Gasteiger partial charge is 0.448 e. The number of hydrogen-bond donors (Lipinski definition) is 1. The molecule has 0 saturated heterocycles. The molecule has 1 aromatic rings. The molecule has 1 atom stereocenters. The zero-order valence-corrected chi connectivity index (χ0v) is 11.1. The van der Waals surface area contributed by atoms with Gasteiger partial charge in [0.2, 0.25) is 0 Å². The van der Waals surface area contributed by atoms with E-state index in [2.05, 4.69) is 9.84 Å². The Bertz CT molecular complexity index is 560. The molecule has 1 aliphatic rings. The molecule has 0 fully saturated rings. The van der Waals surface area contributed by atoms with E-state index in [9.17, 15) is 23.1 Å². The minimum Gasteiger partial charge on any atom is -0.448 e. The first-order valence-corrected chi connectivity index (χ1v) is 6.18. The fourth-order valence-electron chi connectivity index (χ4n) is 1.93. The van der Waals surface area contributed by atoms with Gasteiger partial charge < -0.3 is 9.84 Å². The van der Waals surface area contributed by atoms with Crippen LogP contribution in [0, 0.1) is 0 Å². The van der Waals surface area contributed by atoms with Gasteiger partial charge in [0.15, 0.2) is 0 Å². The molecule has 8 heteroatoms. The minimum absolute atomic E-state index is 0.0384. The second-order valence-corrected chi connectivity index (χ2v) is 4.41. The fraction of sp³-hybridized carbons (Fsp3) is 0.385. The summed E-state index contributed by atoms with van der Waals surface area (Å²) in [5, 5.41) is 13.5. The summed E-state index contributed by atoms with van der Waals surface area (Å²) in [6.45, 7) is 1.32. The number of carbonyl (C=O) groups excluding carboxylic acids is 1. The van der Waals surface area contributed by atoms with Crippen LogP contribution in [0.25, 0.3) is 0 Å². The van der Waals surface area contributed by atoms with E-state index >= 15 is 0 Å². The Balaban J connectivity index is 2.40. The Morgan fingerprint density at radius 2 is 2.05 bits per heavy atom. The molecule has 0 aromatic heterocycles. The molecule has 1 aromatic carbocycles. The monoisotopic (exact) mass is 302 g/mol. The summed E-state index contributed by atoms with van der Waals surface area (Å²) in [5.41, 5.74) is -3.04. The van der Waals surface area contributed by atoms with Crippen LogP contribution in [0.4, 0.5) is 18.0 Å². The molecule has 0 saturated carbocycles. The number of hydrazone groups is 1. The third-order valence-corrected chi connectivity index (χ3v) is 2.99. The number of aliphatic hydroxyl groups is 1. The summed E-state index contributed by atoms with van der Waals surface area (Å²) >= 11 is 0. The maximum absolute atomic E-state index is 13.1. The second-order valence-electron chi connectivity index (χ2n) is 4.41. The van der Waals surface area contributed by atoms with Gasteiger partial charge in [-0.05, 0) is 12.5 Å². The normalized spacial score (nSPS) is 22.1. The highest BCUT2D eigenvalue weighted by molar-refractivity contribution is 6.03. The quantitative estimate of drug-likeness (QED) is 0.913. The van der Waals surface area contributed by atoms with Crippen LogP contribution in [0.5, 0.6) is 0 Å². The van der Waals surface area contributed by atoms with Gasteiger partial charge in [-0.2, -0.15) is 23.3 Å². The summed E-state index contributed by atoms with van der Waals surface area (Å²) in [5.74, 6) is 0. The highest BCUT2D eigenvalue weighted by Gasteiger charge is 2.64. The zero-order valence-electron chi connectivity index (χ0n) is 11.1. The van der Waals surface area contributed by atoms with E-state index < -0.39 is 24.4 Å². The number of amides is 1. The molecule has 1 aliphatic heterocycles. The number of halogens is 3. The maximum Gasteiger partial charge on any atom is 0.439 e. The Labute approximate surface area is 118 Å². The summed E-state index contributed by atoms with van der Waals surface area (Å²) < 4.78 is 43.9. The highest BCUT2D eigenvalue weighted by Crippen LogP contribution is 2.41. The van der Waals surface area contributed by atoms with Gasteiger partial charge in [-0.15, -0.1) is 0 Å². The lowest BCUT2D eigenvalue weighted by atomic mass is 10.0. The van der Waals surface area contributed by atoms with Gasteiger partial charge >= 0.3 is 12.3 Å². The predicted octanol–water partition coefficient (Wildman–Crippen LogP) is 2.50. The molecule has 1 N–H and O–H groups in total. The standard InChI is InChI=1S/C13H13F3N2O3/c1-2-21-11(19)18-12(20,13(14,15)16)8-10(17-18)9-6-4-3-5-7-9/h3-7,20H,2,8H2,1H3/t12-/m0/s1. The number of rotatable bonds is 2. The van der Waals surface area contributed by atoms with Crippen LogP contribution < -0.4 is 0 Å². The molecule has 0 aliphatic carbocycles. The van der Waals surface area contributed by atoms with Crippen LogP contribution in [-0.2, 0) is 4.74 Å². The van der Waals surface area contributed by atoms with Gasteiger partial charge in [-0.3, -0.25) is 0 Å². The molecule has 114 valence electrons. The van der Waals surface area contributed by atoms with Crippen LogP contribution in [0.15, 0.2) is 35.4 Å². The van der Waals surface area contributed by atoms with Crippen molar-refractivity contribution in [3.8, 4) is 0 Å². The van der Waals surface area contributed by atoms with Crippen molar-refractivity contribution in [2.45, 2.75) is 25.2 Å². The maximum atomic E-state index is 13.1. The topological polar surface area (TPSA) is 62.1 Å². The zero-order chi connectivity index (χ0) is 15.7. The van der Waals surface area contributed by atoms with Crippen molar-refractivity contribution in [3.63, 3.8) is 0 Å². The van der Waals surface area contributed by atoms with Gasteiger partial charge in [0, 0.05) is 0 Å². The summed E-state index contributed by atoms with van der Waals surface area (Å²) in [4.78, 5) is 11.6. The van der Waals surface area contributed by atoms with Gasteiger partial charge in [0.1, 0.15) is 0 Å². The lowest BCUT2D eigenvalue weighted by Crippen LogP contribution is -2.56. The van der Waals surface area contributed by atoms with E-state index in [1.807, 2.05) is 0 Å². The lowest BCUT2D eigenvalue weighted by Gasteiger charge is -2.31. The van der Waals surface area contributed by atoms with Gasteiger partial charge in [-0.25, -0.2) is 4.79 Å².